The largest absolute Gasteiger partial charge is 0.360 e. The lowest BCUT2D eigenvalue weighted by Crippen LogP contribution is -2.27. The molecule has 5 aromatic rings. The molecule has 0 fully saturated rings. The second kappa shape index (κ2) is 8.46. The molecule has 0 unspecified atom stereocenters. The summed E-state index contributed by atoms with van der Waals surface area (Å²) in [7, 11) is 0. The predicted molar refractivity (Wildman–Crippen MR) is 128 cm³/mol. The van der Waals surface area contributed by atoms with Crippen LogP contribution in [0.3, 0.4) is 0 Å². The fourth-order valence-corrected chi connectivity index (χ4v) is 4.35. The SMILES string of the molecule is CC[C@H](Nc1ncnc2[nH]cnc12)c1cc2ccc(F)c(Cl)c2c(=O)n1-c1cccc(Cl)c1. The highest BCUT2D eigenvalue weighted by Crippen LogP contribution is 2.31. The van der Waals surface area contributed by atoms with Crippen LogP contribution in [0.4, 0.5) is 10.2 Å². The van der Waals surface area contributed by atoms with Crippen LogP contribution in [0.25, 0.3) is 27.6 Å². The number of aromatic amines is 1. The molecular weight excluding hydrogens is 466 g/mol. The predicted octanol–water partition coefficient (Wildman–Crippen LogP) is 5.67. The van der Waals surface area contributed by atoms with Gasteiger partial charge in [-0.25, -0.2) is 19.3 Å². The first-order valence-electron chi connectivity index (χ1n) is 10.2. The number of fused-ring (bicyclic) bond motifs is 2. The van der Waals surface area contributed by atoms with E-state index in [1.807, 2.05) is 13.0 Å². The van der Waals surface area contributed by atoms with Crippen molar-refractivity contribution in [2.75, 3.05) is 5.32 Å². The quantitative estimate of drug-likeness (QED) is 0.337. The van der Waals surface area contributed by atoms with Crippen molar-refractivity contribution < 1.29 is 4.39 Å². The fraction of sp³-hybridized carbons (Fsp3) is 0.130. The highest BCUT2D eigenvalue weighted by molar-refractivity contribution is 6.35. The molecule has 0 spiro atoms. The molecule has 2 aromatic carbocycles. The molecule has 0 aliphatic heterocycles. The Labute approximate surface area is 197 Å². The van der Waals surface area contributed by atoms with E-state index in [1.54, 1.807) is 36.7 Å². The zero-order valence-electron chi connectivity index (χ0n) is 17.3. The summed E-state index contributed by atoms with van der Waals surface area (Å²) in [5.74, 6) is -0.130. The number of halogens is 3. The fourth-order valence-electron chi connectivity index (χ4n) is 3.91. The first-order valence-corrected chi connectivity index (χ1v) is 10.9. The number of benzene rings is 2. The average molecular weight is 483 g/mol. The minimum Gasteiger partial charge on any atom is -0.360 e. The summed E-state index contributed by atoms with van der Waals surface area (Å²) in [5.41, 5.74) is 1.91. The Hall–Kier alpha value is -3.49. The lowest BCUT2D eigenvalue weighted by molar-refractivity contribution is 0.629. The first-order chi connectivity index (χ1) is 16.0. The Morgan fingerprint density at radius 3 is 2.79 bits per heavy atom. The van der Waals surface area contributed by atoms with Gasteiger partial charge < -0.3 is 10.3 Å². The summed E-state index contributed by atoms with van der Waals surface area (Å²) in [5, 5.41) is 4.27. The van der Waals surface area contributed by atoms with Gasteiger partial charge in [0.15, 0.2) is 11.5 Å². The molecule has 0 bridgehead atoms. The number of aromatic nitrogens is 5. The van der Waals surface area contributed by atoms with Crippen molar-refractivity contribution >= 4 is 51.0 Å². The Morgan fingerprint density at radius 1 is 1.15 bits per heavy atom. The third kappa shape index (κ3) is 3.71. The van der Waals surface area contributed by atoms with Gasteiger partial charge in [0.2, 0.25) is 0 Å². The van der Waals surface area contributed by atoms with Crippen molar-refractivity contribution in [2.45, 2.75) is 19.4 Å². The standard InChI is InChI=1S/C23H17Cl2FN6O/c1-2-16(31-22-20-21(28-10-27-20)29-11-30-22)17-8-12-6-7-15(26)19(25)18(12)23(33)32(17)14-5-3-4-13(24)9-14/h3-11,16H,2H2,1H3,(H2,27,28,29,30,31)/t16-/m0/s1. The number of pyridine rings is 1. The van der Waals surface area contributed by atoms with Crippen LogP contribution >= 0.6 is 23.2 Å². The Kier molecular flexibility index (Phi) is 5.47. The van der Waals surface area contributed by atoms with Crippen molar-refractivity contribution in [2.24, 2.45) is 0 Å². The van der Waals surface area contributed by atoms with E-state index < -0.39 is 11.4 Å². The minimum atomic E-state index is -0.654. The molecule has 5 rings (SSSR count). The van der Waals surface area contributed by atoms with E-state index >= 15 is 0 Å². The first kappa shape index (κ1) is 21.4. The third-order valence-electron chi connectivity index (χ3n) is 5.47. The molecule has 0 aliphatic rings. The van der Waals surface area contributed by atoms with Crippen LogP contribution < -0.4 is 10.9 Å². The number of anilines is 1. The molecule has 2 N–H and O–H groups in total. The second-order valence-electron chi connectivity index (χ2n) is 7.44. The van der Waals surface area contributed by atoms with Crippen LogP contribution in [0.5, 0.6) is 0 Å². The summed E-state index contributed by atoms with van der Waals surface area (Å²) < 4.78 is 15.7. The average Bonchev–Trinajstić information content (AvgIpc) is 3.29. The van der Waals surface area contributed by atoms with E-state index in [0.29, 0.717) is 45.2 Å². The third-order valence-corrected chi connectivity index (χ3v) is 6.07. The zero-order valence-corrected chi connectivity index (χ0v) is 18.8. The summed E-state index contributed by atoms with van der Waals surface area (Å²) in [4.78, 5) is 29.4. The van der Waals surface area contributed by atoms with Gasteiger partial charge in [-0.15, -0.1) is 0 Å². The van der Waals surface area contributed by atoms with Crippen LogP contribution in [0.15, 0.2) is 59.9 Å². The summed E-state index contributed by atoms with van der Waals surface area (Å²) >= 11 is 12.4. The second-order valence-corrected chi connectivity index (χ2v) is 8.26. The van der Waals surface area contributed by atoms with Gasteiger partial charge in [-0.3, -0.25) is 9.36 Å². The van der Waals surface area contributed by atoms with Gasteiger partial charge in [-0.2, -0.15) is 0 Å². The molecular formula is C23H17Cl2FN6O. The number of hydrogen-bond acceptors (Lipinski definition) is 5. The van der Waals surface area contributed by atoms with Crippen molar-refractivity contribution in [1.29, 1.82) is 0 Å². The molecule has 0 saturated heterocycles. The number of H-pyrrole nitrogens is 1. The number of hydrogen-bond donors (Lipinski definition) is 2. The van der Waals surface area contributed by atoms with Gasteiger partial charge in [-0.1, -0.05) is 42.3 Å². The highest BCUT2D eigenvalue weighted by Gasteiger charge is 2.22. The van der Waals surface area contributed by atoms with Crippen molar-refractivity contribution in [3.8, 4) is 5.69 Å². The molecule has 7 nitrogen and oxygen atoms in total. The van der Waals surface area contributed by atoms with Crippen molar-refractivity contribution in [1.82, 2.24) is 24.5 Å². The molecule has 0 amide bonds. The van der Waals surface area contributed by atoms with E-state index in [1.165, 1.54) is 17.0 Å². The molecule has 0 radical (unpaired) electrons. The van der Waals surface area contributed by atoms with Gasteiger partial charge in [0, 0.05) is 10.7 Å². The smallest absolute Gasteiger partial charge is 0.264 e. The number of nitrogens with one attached hydrogen (secondary N) is 2. The van der Waals surface area contributed by atoms with E-state index in [9.17, 15) is 9.18 Å². The van der Waals surface area contributed by atoms with E-state index in [2.05, 4.69) is 25.3 Å². The number of nitrogens with zero attached hydrogens (tertiary/aromatic N) is 4. The van der Waals surface area contributed by atoms with Crippen molar-refractivity contribution in [3.05, 3.63) is 87.0 Å². The Balaban J connectivity index is 1.76. The molecule has 166 valence electrons. The Bertz CT molecular complexity index is 1560. The summed E-state index contributed by atoms with van der Waals surface area (Å²) in [6, 6.07) is 11.2. The van der Waals surface area contributed by atoms with Crippen LogP contribution in [-0.2, 0) is 0 Å². The molecule has 3 aromatic heterocycles. The van der Waals surface area contributed by atoms with Gasteiger partial charge in [0.1, 0.15) is 17.7 Å². The lowest BCUT2D eigenvalue weighted by Gasteiger charge is -2.23. The number of imidazole rings is 1. The highest BCUT2D eigenvalue weighted by atomic mass is 35.5. The van der Waals surface area contributed by atoms with Gasteiger partial charge in [0.05, 0.1) is 28.5 Å². The minimum absolute atomic E-state index is 0.104. The lowest BCUT2D eigenvalue weighted by atomic mass is 10.0. The topological polar surface area (TPSA) is 88.5 Å². The summed E-state index contributed by atoms with van der Waals surface area (Å²) in [6.07, 6.45) is 3.58. The maximum Gasteiger partial charge on any atom is 0.264 e. The monoisotopic (exact) mass is 482 g/mol. The van der Waals surface area contributed by atoms with Gasteiger partial charge in [0.25, 0.3) is 5.56 Å². The molecule has 33 heavy (non-hydrogen) atoms. The Morgan fingerprint density at radius 2 is 2.00 bits per heavy atom. The molecule has 0 saturated carbocycles. The van der Waals surface area contributed by atoms with Crippen LogP contribution in [-0.4, -0.2) is 24.5 Å². The van der Waals surface area contributed by atoms with E-state index in [0.717, 1.165) is 0 Å². The number of rotatable bonds is 5. The van der Waals surface area contributed by atoms with Crippen LogP contribution in [0, 0.1) is 5.82 Å². The molecule has 3 heterocycles. The van der Waals surface area contributed by atoms with Gasteiger partial charge >= 0.3 is 0 Å². The van der Waals surface area contributed by atoms with E-state index in [4.69, 9.17) is 23.2 Å². The maximum absolute atomic E-state index is 14.2. The zero-order chi connectivity index (χ0) is 23.1. The molecule has 1 atom stereocenters. The molecule has 10 heteroatoms. The normalized spacial score (nSPS) is 12.4. The molecule has 0 aliphatic carbocycles. The van der Waals surface area contributed by atoms with Crippen LogP contribution in [0.1, 0.15) is 25.1 Å². The van der Waals surface area contributed by atoms with Crippen molar-refractivity contribution in [3.63, 3.8) is 0 Å². The van der Waals surface area contributed by atoms with Crippen LogP contribution in [0.2, 0.25) is 10.0 Å². The van der Waals surface area contributed by atoms with E-state index in [-0.39, 0.29) is 16.5 Å². The maximum atomic E-state index is 14.2. The summed E-state index contributed by atoms with van der Waals surface area (Å²) in [6.45, 7) is 1.98. The van der Waals surface area contributed by atoms with Gasteiger partial charge in [-0.05, 0) is 42.1 Å².